The van der Waals surface area contributed by atoms with Crippen molar-refractivity contribution in [1.82, 2.24) is 5.43 Å². The van der Waals surface area contributed by atoms with E-state index in [0.29, 0.717) is 17.9 Å². The Morgan fingerprint density at radius 1 is 0.897 bits per heavy atom. The minimum Gasteiger partial charge on any atom is -0.488 e. The average molecular weight is 585 g/mol. The lowest BCUT2D eigenvalue weighted by Gasteiger charge is -2.17. The average Bonchev–Trinajstić information content (AvgIpc) is 2.97. The summed E-state index contributed by atoms with van der Waals surface area (Å²) in [6, 6.07) is 29.6. The zero-order valence-electron chi connectivity index (χ0n) is 21.2. The second-order valence-electron chi connectivity index (χ2n) is 8.96. The summed E-state index contributed by atoms with van der Waals surface area (Å²) in [7, 11) is 0. The Hall–Kier alpha value is -4.23. The number of hydrazone groups is 1. The fourth-order valence-electron chi connectivity index (χ4n) is 4.29. The third kappa shape index (κ3) is 6.10. The highest BCUT2D eigenvalue weighted by atomic mass is 79.9. The van der Waals surface area contributed by atoms with E-state index >= 15 is 0 Å². The molecule has 1 atom stereocenters. The van der Waals surface area contributed by atoms with Crippen LogP contribution in [0.2, 0.25) is 0 Å². The summed E-state index contributed by atoms with van der Waals surface area (Å²) in [5, 5.41) is 8.27. The molecule has 5 nitrogen and oxygen atoms in total. The van der Waals surface area contributed by atoms with Gasteiger partial charge >= 0.3 is 0 Å². The molecule has 5 rings (SSSR count). The summed E-state index contributed by atoms with van der Waals surface area (Å²) < 4.78 is 26.2. The predicted molar refractivity (Wildman–Crippen MR) is 157 cm³/mol. The summed E-state index contributed by atoms with van der Waals surface area (Å²) in [4.78, 5) is 13.0. The number of carbonyl (C=O) groups is 1. The van der Waals surface area contributed by atoms with Crippen molar-refractivity contribution in [3.05, 3.63) is 118 Å². The van der Waals surface area contributed by atoms with Crippen molar-refractivity contribution in [2.24, 2.45) is 5.10 Å². The molecule has 0 saturated carbocycles. The van der Waals surface area contributed by atoms with Crippen LogP contribution in [0.15, 0.2) is 107 Å². The molecule has 1 unspecified atom stereocenters. The second-order valence-corrected chi connectivity index (χ2v) is 9.75. The van der Waals surface area contributed by atoms with Gasteiger partial charge in [-0.25, -0.2) is 9.82 Å². The van der Waals surface area contributed by atoms with Gasteiger partial charge in [-0.2, -0.15) is 5.10 Å². The van der Waals surface area contributed by atoms with Crippen molar-refractivity contribution in [2.75, 3.05) is 0 Å². The van der Waals surface area contributed by atoms with Crippen LogP contribution in [0.1, 0.15) is 24.5 Å². The number of rotatable bonds is 9. The number of nitrogens with one attached hydrogen (secondary N) is 1. The van der Waals surface area contributed by atoms with E-state index < -0.39 is 6.10 Å². The quantitative estimate of drug-likeness (QED) is 0.142. The van der Waals surface area contributed by atoms with Crippen LogP contribution < -0.4 is 14.9 Å². The molecule has 1 N–H and O–H groups in total. The standard InChI is InChI=1S/C32H26BrFN2O3/c1-2-28(39-30-18-14-23-8-4-6-10-26(23)31(30)33)32(37)36-35-19-27-25-9-5-3-7-22(25)13-17-29(27)38-20-21-11-15-24(34)16-12-21/h3-19,28H,2,20H2,1H3,(H,36,37). The van der Waals surface area contributed by atoms with Crippen molar-refractivity contribution < 1.29 is 18.7 Å². The number of hydrogen-bond acceptors (Lipinski definition) is 4. The van der Waals surface area contributed by atoms with E-state index in [2.05, 4.69) is 26.5 Å². The number of fused-ring (bicyclic) bond motifs is 2. The number of nitrogens with zero attached hydrogens (tertiary/aromatic N) is 1. The first kappa shape index (κ1) is 26.4. The molecule has 0 aliphatic rings. The first-order chi connectivity index (χ1) is 19.0. The maximum absolute atomic E-state index is 13.3. The monoisotopic (exact) mass is 584 g/mol. The molecular weight excluding hydrogens is 559 g/mol. The Morgan fingerprint density at radius 3 is 2.26 bits per heavy atom. The molecule has 196 valence electrons. The van der Waals surface area contributed by atoms with Crippen LogP contribution in [0.25, 0.3) is 21.5 Å². The molecule has 0 heterocycles. The number of carbonyl (C=O) groups excluding carboxylic acids is 1. The highest BCUT2D eigenvalue weighted by Crippen LogP contribution is 2.34. The Balaban J connectivity index is 1.33. The third-order valence-electron chi connectivity index (χ3n) is 6.37. The molecule has 0 saturated heterocycles. The van der Waals surface area contributed by atoms with Gasteiger partial charge in [0.1, 0.15) is 23.9 Å². The third-order valence-corrected chi connectivity index (χ3v) is 7.18. The van der Waals surface area contributed by atoms with E-state index in [0.717, 1.165) is 37.1 Å². The molecule has 0 bridgehead atoms. The maximum atomic E-state index is 13.3. The smallest absolute Gasteiger partial charge is 0.281 e. The van der Waals surface area contributed by atoms with Crippen LogP contribution in [0.4, 0.5) is 4.39 Å². The molecule has 39 heavy (non-hydrogen) atoms. The number of ether oxygens (including phenoxy) is 2. The Labute approximate surface area is 234 Å². The van der Waals surface area contributed by atoms with Gasteiger partial charge in [-0.15, -0.1) is 0 Å². The van der Waals surface area contributed by atoms with Gasteiger partial charge in [-0.05, 0) is 73.7 Å². The van der Waals surface area contributed by atoms with Crippen LogP contribution in [0, 0.1) is 5.82 Å². The summed E-state index contributed by atoms with van der Waals surface area (Å²) >= 11 is 3.62. The minimum absolute atomic E-state index is 0.262. The zero-order valence-corrected chi connectivity index (χ0v) is 22.8. The Bertz CT molecular complexity index is 1650. The summed E-state index contributed by atoms with van der Waals surface area (Å²) in [5.41, 5.74) is 4.18. The molecule has 0 radical (unpaired) electrons. The summed E-state index contributed by atoms with van der Waals surface area (Å²) in [6.45, 7) is 2.15. The van der Waals surface area contributed by atoms with Gasteiger partial charge in [-0.3, -0.25) is 4.79 Å². The second kappa shape index (κ2) is 12.1. The molecule has 0 fully saturated rings. The Kier molecular flexibility index (Phi) is 8.18. The van der Waals surface area contributed by atoms with E-state index in [1.54, 1.807) is 18.3 Å². The molecule has 0 aromatic heterocycles. The largest absolute Gasteiger partial charge is 0.488 e. The number of halogens is 2. The van der Waals surface area contributed by atoms with Gasteiger partial charge in [-0.1, -0.05) is 79.7 Å². The van der Waals surface area contributed by atoms with Crippen molar-refractivity contribution in [3.8, 4) is 11.5 Å². The van der Waals surface area contributed by atoms with Gasteiger partial charge in [0.25, 0.3) is 5.91 Å². The van der Waals surface area contributed by atoms with Gasteiger partial charge in [0.05, 0.1) is 10.7 Å². The lowest BCUT2D eigenvalue weighted by Crippen LogP contribution is -2.35. The van der Waals surface area contributed by atoms with Gasteiger partial charge in [0, 0.05) is 5.56 Å². The van der Waals surface area contributed by atoms with E-state index in [4.69, 9.17) is 9.47 Å². The van der Waals surface area contributed by atoms with Crippen LogP contribution >= 0.6 is 15.9 Å². The summed E-state index contributed by atoms with van der Waals surface area (Å²) in [6.07, 6.45) is 1.31. The molecule has 0 spiro atoms. The fraction of sp³-hybridized carbons (Fsp3) is 0.125. The summed E-state index contributed by atoms with van der Waals surface area (Å²) in [5.74, 6) is 0.530. The molecule has 7 heteroatoms. The number of benzene rings is 5. The van der Waals surface area contributed by atoms with Gasteiger partial charge in [0.2, 0.25) is 0 Å². The van der Waals surface area contributed by atoms with Crippen LogP contribution in [0.5, 0.6) is 11.5 Å². The Morgan fingerprint density at radius 2 is 1.54 bits per heavy atom. The molecule has 5 aromatic rings. The highest BCUT2D eigenvalue weighted by molar-refractivity contribution is 9.10. The van der Waals surface area contributed by atoms with Crippen LogP contribution in [-0.4, -0.2) is 18.2 Å². The maximum Gasteiger partial charge on any atom is 0.281 e. The van der Waals surface area contributed by atoms with E-state index in [1.807, 2.05) is 79.7 Å². The van der Waals surface area contributed by atoms with E-state index in [1.165, 1.54) is 12.1 Å². The number of amides is 1. The highest BCUT2D eigenvalue weighted by Gasteiger charge is 2.20. The molecule has 1 amide bonds. The normalized spacial score (nSPS) is 12.1. The van der Waals surface area contributed by atoms with Crippen LogP contribution in [0.3, 0.4) is 0 Å². The fourth-order valence-corrected chi connectivity index (χ4v) is 4.88. The van der Waals surface area contributed by atoms with Gasteiger partial charge < -0.3 is 9.47 Å². The topological polar surface area (TPSA) is 59.9 Å². The SMILES string of the molecule is CCC(Oc1ccc2ccccc2c1Br)C(=O)NN=Cc1c(OCc2ccc(F)cc2)ccc2ccccc12. The predicted octanol–water partition coefficient (Wildman–Crippen LogP) is 7.78. The van der Waals surface area contributed by atoms with Crippen LogP contribution in [-0.2, 0) is 11.4 Å². The molecule has 5 aromatic carbocycles. The first-order valence-corrected chi connectivity index (χ1v) is 13.4. The molecular formula is C32H26BrFN2O3. The van der Waals surface area contributed by atoms with E-state index in [-0.39, 0.29) is 18.3 Å². The van der Waals surface area contributed by atoms with Crippen molar-refractivity contribution >= 4 is 49.6 Å². The minimum atomic E-state index is -0.735. The lowest BCUT2D eigenvalue weighted by atomic mass is 10.0. The lowest BCUT2D eigenvalue weighted by molar-refractivity contribution is -0.128. The van der Waals surface area contributed by atoms with Gasteiger partial charge in [0.15, 0.2) is 6.10 Å². The zero-order chi connectivity index (χ0) is 27.2. The first-order valence-electron chi connectivity index (χ1n) is 12.6. The van der Waals surface area contributed by atoms with Crippen molar-refractivity contribution in [3.63, 3.8) is 0 Å². The molecule has 0 aliphatic heterocycles. The number of hydrogen-bond donors (Lipinski definition) is 1. The van der Waals surface area contributed by atoms with Crippen molar-refractivity contribution in [2.45, 2.75) is 26.1 Å². The van der Waals surface area contributed by atoms with Crippen molar-refractivity contribution in [1.29, 1.82) is 0 Å². The molecule has 0 aliphatic carbocycles. The van der Waals surface area contributed by atoms with E-state index in [9.17, 15) is 9.18 Å².